The number of nitrogens with one attached hydrogen (secondary N) is 1. The normalized spacial score (nSPS) is 14.3. The first-order valence-electron chi connectivity index (χ1n) is 8.12. The zero-order valence-electron chi connectivity index (χ0n) is 13.9. The number of methoxy groups -OCH3 is 1. The van der Waals surface area contributed by atoms with Gasteiger partial charge in [0.25, 0.3) is 0 Å². The van der Waals surface area contributed by atoms with Crippen LogP contribution in [0.2, 0.25) is 0 Å². The van der Waals surface area contributed by atoms with Gasteiger partial charge in [-0.05, 0) is 34.8 Å². The summed E-state index contributed by atoms with van der Waals surface area (Å²) in [6.07, 6.45) is 6.87. The van der Waals surface area contributed by atoms with E-state index in [0.29, 0.717) is 18.6 Å². The van der Waals surface area contributed by atoms with E-state index in [1.54, 1.807) is 7.11 Å². The maximum absolute atomic E-state index is 5.20. The topological polar surface area (TPSA) is 39.1 Å². The molecule has 2 atom stereocenters. The van der Waals surface area contributed by atoms with Crippen LogP contribution in [0.3, 0.4) is 0 Å². The smallest absolute Gasteiger partial charge is 0.0699 e. The van der Waals surface area contributed by atoms with Gasteiger partial charge >= 0.3 is 0 Å². The fraction of sp³-hybridized carbons (Fsp3) is 0.812. The highest BCUT2D eigenvalue weighted by Gasteiger charge is 2.26. The minimum absolute atomic E-state index is 0.347. The van der Waals surface area contributed by atoms with Crippen LogP contribution in [0, 0.1) is 5.92 Å². The maximum Gasteiger partial charge on any atom is 0.0699 e. The van der Waals surface area contributed by atoms with Crippen molar-refractivity contribution in [1.82, 2.24) is 15.1 Å². The molecule has 0 saturated heterocycles. The minimum Gasteiger partial charge on any atom is -0.383 e. The molecule has 21 heavy (non-hydrogen) atoms. The SMILES string of the molecule is CCCCC(CC)C(NCC)c1c(Br)cnn1CCOC. The monoisotopic (exact) mass is 359 g/mol. The Morgan fingerprint density at radius 2 is 2.14 bits per heavy atom. The molecule has 1 aromatic heterocycles. The summed E-state index contributed by atoms with van der Waals surface area (Å²) < 4.78 is 8.38. The Bertz CT molecular complexity index is 395. The third kappa shape index (κ3) is 5.38. The second-order valence-electron chi connectivity index (χ2n) is 5.44. The van der Waals surface area contributed by atoms with Crippen molar-refractivity contribution in [3.05, 3.63) is 16.4 Å². The highest BCUT2D eigenvalue weighted by Crippen LogP contribution is 2.33. The summed E-state index contributed by atoms with van der Waals surface area (Å²) in [4.78, 5) is 0. The number of unbranched alkanes of at least 4 members (excludes halogenated alkanes) is 1. The average Bonchev–Trinajstić information content (AvgIpc) is 2.85. The molecule has 0 aliphatic heterocycles. The molecule has 0 saturated carbocycles. The van der Waals surface area contributed by atoms with E-state index in [9.17, 15) is 0 Å². The van der Waals surface area contributed by atoms with Crippen molar-refractivity contribution in [2.45, 2.75) is 59.0 Å². The first-order valence-corrected chi connectivity index (χ1v) is 8.92. The number of halogens is 1. The maximum atomic E-state index is 5.20. The lowest BCUT2D eigenvalue weighted by Crippen LogP contribution is -2.31. The molecule has 0 aromatic carbocycles. The van der Waals surface area contributed by atoms with Crippen LogP contribution >= 0.6 is 15.9 Å². The molecule has 5 heteroatoms. The molecule has 0 amide bonds. The van der Waals surface area contributed by atoms with Gasteiger partial charge in [-0.3, -0.25) is 4.68 Å². The number of hydrogen-bond donors (Lipinski definition) is 1. The van der Waals surface area contributed by atoms with E-state index in [0.717, 1.165) is 17.6 Å². The van der Waals surface area contributed by atoms with Crippen LogP contribution in [0.4, 0.5) is 0 Å². The first kappa shape index (κ1) is 18.7. The van der Waals surface area contributed by atoms with Crippen molar-refractivity contribution in [3.63, 3.8) is 0 Å². The van der Waals surface area contributed by atoms with Crippen molar-refractivity contribution >= 4 is 15.9 Å². The summed E-state index contributed by atoms with van der Waals surface area (Å²) in [5.74, 6) is 0.638. The van der Waals surface area contributed by atoms with Crippen molar-refractivity contribution in [2.75, 3.05) is 20.3 Å². The summed E-state index contributed by atoms with van der Waals surface area (Å²) in [7, 11) is 1.73. The van der Waals surface area contributed by atoms with E-state index in [1.165, 1.54) is 31.4 Å². The lowest BCUT2D eigenvalue weighted by Gasteiger charge is -2.28. The average molecular weight is 360 g/mol. The van der Waals surface area contributed by atoms with E-state index in [-0.39, 0.29) is 0 Å². The molecule has 2 unspecified atom stereocenters. The van der Waals surface area contributed by atoms with Crippen LogP contribution in [0.25, 0.3) is 0 Å². The summed E-state index contributed by atoms with van der Waals surface area (Å²) in [5, 5.41) is 8.17. The van der Waals surface area contributed by atoms with Crippen LogP contribution in [-0.2, 0) is 11.3 Å². The van der Waals surface area contributed by atoms with Gasteiger partial charge in [-0.15, -0.1) is 0 Å². The Morgan fingerprint density at radius 3 is 2.71 bits per heavy atom. The second kappa shape index (κ2) is 10.4. The highest BCUT2D eigenvalue weighted by atomic mass is 79.9. The summed E-state index contributed by atoms with van der Waals surface area (Å²) >= 11 is 3.68. The minimum atomic E-state index is 0.347. The van der Waals surface area contributed by atoms with Gasteiger partial charge in [0.15, 0.2) is 0 Å². The van der Waals surface area contributed by atoms with Gasteiger partial charge in [0.1, 0.15) is 0 Å². The second-order valence-corrected chi connectivity index (χ2v) is 6.29. The fourth-order valence-corrected chi connectivity index (χ4v) is 3.36. The quantitative estimate of drug-likeness (QED) is 0.644. The molecule has 0 radical (unpaired) electrons. The van der Waals surface area contributed by atoms with Gasteiger partial charge in [-0.25, -0.2) is 0 Å². The first-order chi connectivity index (χ1) is 10.2. The summed E-state index contributed by atoms with van der Waals surface area (Å²) in [6.45, 7) is 9.16. The van der Waals surface area contributed by atoms with Crippen molar-refractivity contribution in [1.29, 1.82) is 0 Å². The number of ether oxygens (including phenoxy) is 1. The molecule has 0 spiro atoms. The van der Waals surface area contributed by atoms with Crippen LogP contribution in [0.15, 0.2) is 10.7 Å². The Hall–Kier alpha value is -0.390. The van der Waals surface area contributed by atoms with Gasteiger partial charge in [0.05, 0.1) is 35.6 Å². The van der Waals surface area contributed by atoms with Crippen LogP contribution in [-0.4, -0.2) is 30.0 Å². The summed E-state index contributed by atoms with van der Waals surface area (Å²) in [6, 6.07) is 0.347. The molecular formula is C16H30BrN3O. The van der Waals surface area contributed by atoms with Crippen LogP contribution in [0.5, 0.6) is 0 Å². The molecule has 1 N–H and O–H groups in total. The Kier molecular flexibility index (Phi) is 9.20. The fourth-order valence-electron chi connectivity index (χ4n) is 2.82. The van der Waals surface area contributed by atoms with E-state index >= 15 is 0 Å². The molecule has 122 valence electrons. The van der Waals surface area contributed by atoms with Gasteiger partial charge in [-0.1, -0.05) is 40.0 Å². The molecule has 0 fully saturated rings. The number of aromatic nitrogens is 2. The Labute approximate surface area is 137 Å². The van der Waals surface area contributed by atoms with E-state index in [1.807, 2.05) is 6.20 Å². The molecule has 0 aliphatic carbocycles. The number of nitrogens with zero attached hydrogens (tertiary/aromatic N) is 2. The molecule has 1 heterocycles. The lowest BCUT2D eigenvalue weighted by molar-refractivity contribution is 0.180. The Balaban J connectivity index is 2.99. The van der Waals surface area contributed by atoms with E-state index in [4.69, 9.17) is 4.74 Å². The number of hydrogen-bond acceptors (Lipinski definition) is 3. The van der Waals surface area contributed by atoms with Gasteiger partial charge in [0.2, 0.25) is 0 Å². The van der Waals surface area contributed by atoms with Gasteiger partial charge in [0, 0.05) is 7.11 Å². The molecule has 0 bridgehead atoms. The Morgan fingerprint density at radius 1 is 1.38 bits per heavy atom. The van der Waals surface area contributed by atoms with Crippen molar-refractivity contribution < 1.29 is 4.74 Å². The molecule has 1 rings (SSSR count). The molecule has 1 aromatic rings. The lowest BCUT2D eigenvalue weighted by atomic mass is 9.89. The summed E-state index contributed by atoms with van der Waals surface area (Å²) in [5.41, 5.74) is 1.26. The predicted molar refractivity (Wildman–Crippen MR) is 91.5 cm³/mol. The third-order valence-electron chi connectivity index (χ3n) is 3.98. The van der Waals surface area contributed by atoms with E-state index < -0.39 is 0 Å². The van der Waals surface area contributed by atoms with Crippen LogP contribution < -0.4 is 5.32 Å². The third-order valence-corrected chi connectivity index (χ3v) is 4.59. The van der Waals surface area contributed by atoms with Crippen molar-refractivity contribution in [3.8, 4) is 0 Å². The number of rotatable bonds is 11. The predicted octanol–water partition coefficient (Wildman–Crippen LogP) is 4.16. The largest absolute Gasteiger partial charge is 0.383 e. The molecule has 4 nitrogen and oxygen atoms in total. The standard InChI is InChI=1S/C16H30BrN3O/c1-5-8-9-13(6-2)15(18-7-3)16-14(17)12-19-20(16)10-11-21-4/h12-13,15,18H,5-11H2,1-4H3. The zero-order valence-corrected chi connectivity index (χ0v) is 15.4. The zero-order chi connectivity index (χ0) is 15.7. The van der Waals surface area contributed by atoms with E-state index in [2.05, 4.69) is 51.8 Å². The molecule has 0 aliphatic rings. The van der Waals surface area contributed by atoms with Crippen LogP contribution in [0.1, 0.15) is 58.2 Å². The van der Waals surface area contributed by atoms with Crippen molar-refractivity contribution in [2.24, 2.45) is 5.92 Å². The van der Waals surface area contributed by atoms with Gasteiger partial charge in [-0.2, -0.15) is 5.10 Å². The molecular weight excluding hydrogens is 330 g/mol. The highest BCUT2D eigenvalue weighted by molar-refractivity contribution is 9.10. The van der Waals surface area contributed by atoms with Gasteiger partial charge < -0.3 is 10.1 Å².